The molecule has 0 heterocycles. The second-order valence-electron chi connectivity index (χ2n) is 18.5. The molecule has 3 rings (SSSR count). The zero-order valence-corrected chi connectivity index (χ0v) is 34.0. The van der Waals surface area contributed by atoms with Crippen LogP contribution in [0.3, 0.4) is 0 Å². The first-order valence-electron chi connectivity index (χ1n) is 18.4. The van der Waals surface area contributed by atoms with Crippen LogP contribution in [0.5, 0.6) is 0 Å². The standard InChI is InChI=1S/3C16H24/c3*1-7-15(3,4)12-10-14-13(2)9-8-11-16(14,5)6/h1,10,12H,8-9,11H2,2-6H3;1,9-10H,8,11-12H2,2-6H3;1,9-10,12,14H,8,11H2,2-6H3/b12-10+;14-10+;12-10+. The predicted molar refractivity (Wildman–Crippen MR) is 216 cm³/mol. The molecule has 3 aliphatic carbocycles. The van der Waals surface area contributed by atoms with Crippen molar-refractivity contribution in [1.29, 1.82) is 0 Å². The van der Waals surface area contributed by atoms with Gasteiger partial charge in [0.05, 0.1) is 0 Å². The normalized spacial score (nSPS) is 23.1. The average Bonchev–Trinajstić information content (AvgIpc) is 2.96. The van der Waals surface area contributed by atoms with Gasteiger partial charge in [-0.05, 0) is 141 Å². The van der Waals surface area contributed by atoms with Gasteiger partial charge in [0.25, 0.3) is 0 Å². The summed E-state index contributed by atoms with van der Waals surface area (Å²) in [5, 5.41) is 0. The largest absolute Gasteiger partial charge is 0.120 e. The summed E-state index contributed by atoms with van der Waals surface area (Å²) in [4.78, 5) is 0. The summed E-state index contributed by atoms with van der Waals surface area (Å²) < 4.78 is 0. The van der Waals surface area contributed by atoms with Gasteiger partial charge in [-0.15, -0.1) is 25.2 Å². The van der Waals surface area contributed by atoms with Gasteiger partial charge in [-0.3, -0.25) is 0 Å². The molecule has 264 valence electrons. The van der Waals surface area contributed by atoms with Gasteiger partial charge in [-0.2, -0.15) is 0 Å². The van der Waals surface area contributed by atoms with Crippen LogP contribution in [0.15, 0.2) is 70.4 Å². The molecule has 0 aromatic heterocycles. The molecule has 0 nitrogen and oxygen atoms in total. The molecule has 0 bridgehead atoms. The van der Waals surface area contributed by atoms with Crippen molar-refractivity contribution in [2.75, 3.05) is 0 Å². The zero-order valence-electron chi connectivity index (χ0n) is 34.0. The lowest BCUT2D eigenvalue weighted by Crippen LogP contribution is -2.26. The van der Waals surface area contributed by atoms with Crippen LogP contribution >= 0.6 is 0 Å². The monoisotopic (exact) mass is 649 g/mol. The summed E-state index contributed by atoms with van der Waals surface area (Å²) >= 11 is 0. The van der Waals surface area contributed by atoms with E-state index in [0.717, 1.165) is 6.42 Å². The second kappa shape index (κ2) is 17.2. The molecule has 0 N–H and O–H groups in total. The highest BCUT2D eigenvalue weighted by atomic mass is 14.4. The molecular weight excluding hydrogens is 577 g/mol. The van der Waals surface area contributed by atoms with Gasteiger partial charge >= 0.3 is 0 Å². The number of allylic oxidation sites excluding steroid dienone is 12. The Hall–Kier alpha value is -2.88. The molecule has 48 heavy (non-hydrogen) atoms. The van der Waals surface area contributed by atoms with Crippen molar-refractivity contribution >= 4 is 0 Å². The Morgan fingerprint density at radius 2 is 1.31 bits per heavy atom. The van der Waals surface area contributed by atoms with Gasteiger partial charge < -0.3 is 0 Å². The molecule has 0 spiro atoms. The maximum atomic E-state index is 5.53. The van der Waals surface area contributed by atoms with Crippen molar-refractivity contribution in [2.24, 2.45) is 38.4 Å². The van der Waals surface area contributed by atoms with Crippen LogP contribution in [0.1, 0.15) is 155 Å². The highest BCUT2D eigenvalue weighted by Gasteiger charge is 2.31. The van der Waals surface area contributed by atoms with Crippen LogP contribution in [-0.4, -0.2) is 0 Å². The molecule has 1 atom stereocenters. The van der Waals surface area contributed by atoms with E-state index >= 15 is 0 Å². The van der Waals surface area contributed by atoms with E-state index in [1.165, 1.54) is 72.8 Å². The summed E-state index contributed by atoms with van der Waals surface area (Å²) in [6, 6.07) is 0. The summed E-state index contributed by atoms with van der Waals surface area (Å²) in [6.45, 7) is 33.3. The van der Waals surface area contributed by atoms with Gasteiger partial charge in [0.1, 0.15) is 0 Å². The highest BCUT2D eigenvalue weighted by Crippen LogP contribution is 2.43. The zero-order chi connectivity index (χ0) is 37.2. The maximum absolute atomic E-state index is 5.53. The Labute approximate surface area is 300 Å². The Balaban J connectivity index is 0.000000360. The summed E-state index contributed by atoms with van der Waals surface area (Å²) in [5.74, 6) is 9.03. The maximum Gasteiger partial charge on any atom is 0.0437 e. The molecule has 0 radical (unpaired) electrons. The van der Waals surface area contributed by atoms with E-state index in [-0.39, 0.29) is 16.2 Å². The Bertz CT molecular complexity index is 1410. The van der Waals surface area contributed by atoms with E-state index in [0.29, 0.717) is 22.2 Å². The fourth-order valence-electron chi connectivity index (χ4n) is 7.00. The second-order valence-corrected chi connectivity index (χ2v) is 18.5. The summed E-state index contributed by atoms with van der Waals surface area (Å²) in [6.07, 6.45) is 42.2. The third-order valence-corrected chi connectivity index (χ3v) is 10.8. The Kier molecular flexibility index (Phi) is 15.4. The van der Waals surface area contributed by atoms with Gasteiger partial charge in [0.15, 0.2) is 0 Å². The van der Waals surface area contributed by atoms with Gasteiger partial charge in [0, 0.05) is 22.2 Å². The fraction of sp³-hybridized carbons (Fsp3) is 0.625. The summed E-state index contributed by atoms with van der Waals surface area (Å²) in [5.41, 5.74) is 8.11. The number of terminal acetylenes is 3. The smallest absolute Gasteiger partial charge is 0.0437 e. The van der Waals surface area contributed by atoms with E-state index < -0.39 is 0 Å². The molecule has 0 aliphatic heterocycles. The lowest BCUT2D eigenvalue weighted by Gasteiger charge is -2.37. The van der Waals surface area contributed by atoms with E-state index in [1.54, 1.807) is 0 Å². The Morgan fingerprint density at radius 1 is 0.750 bits per heavy atom. The minimum absolute atomic E-state index is 0.0270. The first-order valence-corrected chi connectivity index (χ1v) is 18.4. The molecule has 0 fully saturated rings. The molecule has 0 heteroatoms. The van der Waals surface area contributed by atoms with Crippen LogP contribution in [0.25, 0.3) is 0 Å². The Morgan fingerprint density at radius 3 is 1.81 bits per heavy atom. The third-order valence-electron chi connectivity index (χ3n) is 10.8. The average molecular weight is 649 g/mol. The lowest BCUT2D eigenvalue weighted by molar-refractivity contribution is 0.254. The lowest BCUT2D eigenvalue weighted by atomic mass is 9.68. The number of hydrogen-bond donors (Lipinski definition) is 0. The van der Waals surface area contributed by atoms with Crippen LogP contribution in [0, 0.1) is 75.4 Å². The van der Waals surface area contributed by atoms with Crippen LogP contribution < -0.4 is 0 Å². The van der Waals surface area contributed by atoms with E-state index in [9.17, 15) is 0 Å². The van der Waals surface area contributed by atoms with Crippen LogP contribution in [0.2, 0.25) is 0 Å². The van der Waals surface area contributed by atoms with E-state index in [2.05, 4.69) is 164 Å². The van der Waals surface area contributed by atoms with Gasteiger partial charge in [-0.1, -0.05) is 113 Å². The van der Waals surface area contributed by atoms with Crippen molar-refractivity contribution in [3.05, 3.63) is 70.4 Å². The topological polar surface area (TPSA) is 0 Å². The predicted octanol–water partition coefficient (Wildman–Crippen LogP) is 14.0. The molecular formula is C48H72. The first-order chi connectivity index (χ1) is 21.9. The number of rotatable bonds is 6. The van der Waals surface area contributed by atoms with Crippen molar-refractivity contribution in [1.82, 2.24) is 0 Å². The number of hydrogen-bond acceptors (Lipinski definition) is 0. The van der Waals surface area contributed by atoms with Gasteiger partial charge in [-0.25, -0.2) is 0 Å². The molecule has 3 aliphatic rings. The minimum Gasteiger partial charge on any atom is -0.120 e. The quantitative estimate of drug-likeness (QED) is 0.199. The first kappa shape index (κ1) is 43.1. The fourth-order valence-corrected chi connectivity index (χ4v) is 7.00. The molecule has 1 unspecified atom stereocenters. The third kappa shape index (κ3) is 13.6. The van der Waals surface area contributed by atoms with Crippen molar-refractivity contribution < 1.29 is 0 Å². The molecule has 0 aromatic rings. The van der Waals surface area contributed by atoms with Crippen LogP contribution in [0.4, 0.5) is 0 Å². The molecule has 0 amide bonds. The van der Waals surface area contributed by atoms with Crippen molar-refractivity contribution in [3.63, 3.8) is 0 Å². The molecule has 0 saturated carbocycles. The molecule has 0 aromatic carbocycles. The minimum atomic E-state index is -0.138. The highest BCUT2D eigenvalue weighted by molar-refractivity contribution is 5.37. The van der Waals surface area contributed by atoms with Crippen LogP contribution in [-0.2, 0) is 0 Å². The van der Waals surface area contributed by atoms with E-state index in [4.69, 9.17) is 19.3 Å². The van der Waals surface area contributed by atoms with Crippen molar-refractivity contribution in [3.8, 4) is 37.0 Å². The van der Waals surface area contributed by atoms with Crippen molar-refractivity contribution in [2.45, 2.75) is 155 Å². The van der Waals surface area contributed by atoms with Gasteiger partial charge in [0.2, 0.25) is 0 Å². The SMILES string of the molecule is C#CC(C)(C)/C=C/C1=C(C)CCCC1(C)C.C#CC(C)(C)/C=C/C1C(C)=CCCC1(C)C.C#CC(C)(C)C/C=C1\C(C)=CCCC1(C)C. The summed E-state index contributed by atoms with van der Waals surface area (Å²) in [7, 11) is 0. The van der Waals surface area contributed by atoms with E-state index in [1.807, 2.05) is 0 Å². The molecule has 0 saturated heterocycles.